The monoisotopic (exact) mass is 288 g/mol. The van der Waals surface area contributed by atoms with Crippen molar-refractivity contribution in [3.63, 3.8) is 0 Å². The number of aromatic nitrogens is 1. The second kappa shape index (κ2) is 5.06. The molecule has 0 saturated carbocycles. The first-order chi connectivity index (χ1) is 9.65. The van der Waals surface area contributed by atoms with Gasteiger partial charge in [0, 0.05) is 12.5 Å². The lowest BCUT2D eigenvalue weighted by atomic mass is 10.1. The largest absolute Gasteiger partial charge is 0.497 e. The van der Waals surface area contributed by atoms with Gasteiger partial charge in [0.1, 0.15) is 11.3 Å². The van der Waals surface area contributed by atoms with Crippen LogP contribution < -0.4 is 10.5 Å². The van der Waals surface area contributed by atoms with Crippen molar-refractivity contribution in [1.29, 1.82) is 0 Å². The standard InChI is InChI=1S/C15H13ClN2O2/c1-19-10-4-2-9(3-5-10)6-15-18-13-7-11(16)12(17)8-14(13)20-15/h2-5,7-8H,6,17H2,1H3. The first-order valence-corrected chi connectivity index (χ1v) is 6.51. The van der Waals surface area contributed by atoms with Gasteiger partial charge in [-0.3, -0.25) is 0 Å². The van der Waals surface area contributed by atoms with Crippen LogP contribution >= 0.6 is 11.6 Å². The minimum absolute atomic E-state index is 0.488. The fourth-order valence-corrected chi connectivity index (χ4v) is 2.16. The normalized spacial score (nSPS) is 10.9. The third-order valence-corrected chi connectivity index (χ3v) is 3.39. The number of rotatable bonds is 3. The van der Waals surface area contributed by atoms with Crippen molar-refractivity contribution < 1.29 is 9.15 Å². The van der Waals surface area contributed by atoms with E-state index in [4.69, 9.17) is 26.5 Å². The summed E-state index contributed by atoms with van der Waals surface area (Å²) < 4.78 is 10.8. The van der Waals surface area contributed by atoms with E-state index >= 15 is 0 Å². The first kappa shape index (κ1) is 12.8. The van der Waals surface area contributed by atoms with Crippen LogP contribution in [0.1, 0.15) is 11.5 Å². The number of fused-ring (bicyclic) bond motifs is 1. The van der Waals surface area contributed by atoms with Gasteiger partial charge < -0.3 is 14.9 Å². The van der Waals surface area contributed by atoms with E-state index in [1.54, 1.807) is 19.2 Å². The summed E-state index contributed by atoms with van der Waals surface area (Å²) in [6.45, 7) is 0. The molecule has 0 atom stereocenters. The number of hydrogen-bond donors (Lipinski definition) is 1. The van der Waals surface area contributed by atoms with Gasteiger partial charge in [-0.2, -0.15) is 0 Å². The van der Waals surface area contributed by atoms with Gasteiger partial charge in [0.05, 0.1) is 17.8 Å². The molecule has 0 unspecified atom stereocenters. The third-order valence-electron chi connectivity index (χ3n) is 3.07. The average molecular weight is 289 g/mol. The average Bonchev–Trinajstić information content (AvgIpc) is 2.81. The summed E-state index contributed by atoms with van der Waals surface area (Å²) in [5.74, 6) is 1.46. The van der Waals surface area contributed by atoms with Crippen molar-refractivity contribution in [3.05, 3.63) is 52.9 Å². The molecule has 2 N–H and O–H groups in total. The van der Waals surface area contributed by atoms with Crippen molar-refractivity contribution in [2.24, 2.45) is 0 Å². The summed E-state index contributed by atoms with van der Waals surface area (Å²) in [4.78, 5) is 4.41. The molecule has 102 valence electrons. The Hall–Kier alpha value is -2.20. The lowest BCUT2D eigenvalue weighted by Gasteiger charge is -2.00. The molecule has 0 aliphatic carbocycles. The smallest absolute Gasteiger partial charge is 0.199 e. The molecule has 3 aromatic rings. The number of oxazole rings is 1. The van der Waals surface area contributed by atoms with E-state index in [-0.39, 0.29) is 0 Å². The lowest BCUT2D eigenvalue weighted by Crippen LogP contribution is -1.89. The number of nitrogen functional groups attached to an aromatic ring is 1. The molecule has 1 heterocycles. The molecule has 4 nitrogen and oxygen atoms in total. The van der Waals surface area contributed by atoms with Gasteiger partial charge in [-0.15, -0.1) is 0 Å². The number of ether oxygens (including phenoxy) is 1. The molecule has 20 heavy (non-hydrogen) atoms. The van der Waals surface area contributed by atoms with Crippen molar-refractivity contribution in [2.75, 3.05) is 12.8 Å². The second-order valence-corrected chi connectivity index (χ2v) is 4.88. The molecule has 0 bridgehead atoms. The van der Waals surface area contributed by atoms with Gasteiger partial charge in [-0.25, -0.2) is 4.98 Å². The Morgan fingerprint density at radius 2 is 2.00 bits per heavy atom. The number of nitrogens with zero attached hydrogens (tertiary/aromatic N) is 1. The van der Waals surface area contributed by atoms with Gasteiger partial charge in [0.2, 0.25) is 0 Å². The first-order valence-electron chi connectivity index (χ1n) is 6.13. The Morgan fingerprint density at radius 1 is 1.25 bits per heavy atom. The van der Waals surface area contributed by atoms with Crippen LogP contribution in [0.25, 0.3) is 11.1 Å². The van der Waals surface area contributed by atoms with E-state index in [1.807, 2.05) is 24.3 Å². The van der Waals surface area contributed by atoms with Gasteiger partial charge in [-0.1, -0.05) is 23.7 Å². The van der Waals surface area contributed by atoms with Gasteiger partial charge in [0.15, 0.2) is 11.5 Å². The highest BCUT2D eigenvalue weighted by molar-refractivity contribution is 6.33. The van der Waals surface area contributed by atoms with E-state index in [0.717, 1.165) is 11.3 Å². The zero-order chi connectivity index (χ0) is 14.1. The molecule has 0 saturated heterocycles. The van der Waals surface area contributed by atoms with Crippen molar-refractivity contribution >= 4 is 28.4 Å². The molecule has 2 aromatic carbocycles. The minimum Gasteiger partial charge on any atom is -0.497 e. The summed E-state index contributed by atoms with van der Waals surface area (Å²) in [5, 5.41) is 0.488. The van der Waals surface area contributed by atoms with Gasteiger partial charge in [-0.05, 0) is 23.8 Å². The maximum Gasteiger partial charge on any atom is 0.199 e. The molecular weight excluding hydrogens is 276 g/mol. The number of hydrogen-bond acceptors (Lipinski definition) is 4. The van der Waals surface area contributed by atoms with Crippen molar-refractivity contribution in [3.8, 4) is 5.75 Å². The number of nitrogens with two attached hydrogens (primary N) is 1. The molecule has 0 aliphatic rings. The second-order valence-electron chi connectivity index (χ2n) is 4.47. The number of benzene rings is 2. The highest BCUT2D eigenvalue weighted by atomic mass is 35.5. The Kier molecular flexibility index (Phi) is 3.24. The lowest BCUT2D eigenvalue weighted by molar-refractivity contribution is 0.414. The molecular formula is C15H13ClN2O2. The number of halogens is 1. The quantitative estimate of drug-likeness (QED) is 0.747. The third kappa shape index (κ3) is 2.42. The van der Waals surface area contributed by atoms with Crippen LogP contribution in [-0.2, 0) is 6.42 Å². The Labute approximate surface area is 121 Å². The molecule has 0 fully saturated rings. The molecule has 1 aromatic heterocycles. The maximum atomic E-state index is 5.97. The van der Waals surface area contributed by atoms with Gasteiger partial charge >= 0.3 is 0 Å². The van der Waals surface area contributed by atoms with Crippen molar-refractivity contribution in [2.45, 2.75) is 6.42 Å². The summed E-state index contributed by atoms with van der Waals surface area (Å²) >= 11 is 5.97. The van der Waals surface area contributed by atoms with E-state index < -0.39 is 0 Å². The van der Waals surface area contributed by atoms with E-state index in [9.17, 15) is 0 Å². The molecule has 5 heteroatoms. The zero-order valence-corrected chi connectivity index (χ0v) is 11.6. The summed E-state index contributed by atoms with van der Waals surface area (Å²) in [7, 11) is 1.64. The maximum absolute atomic E-state index is 5.97. The molecule has 0 aliphatic heterocycles. The summed E-state index contributed by atoms with van der Waals surface area (Å²) in [6.07, 6.45) is 0.607. The van der Waals surface area contributed by atoms with E-state index in [2.05, 4.69) is 4.98 Å². The molecule has 0 amide bonds. The number of anilines is 1. The topological polar surface area (TPSA) is 61.3 Å². The fourth-order valence-electron chi connectivity index (χ4n) is 2.01. The highest BCUT2D eigenvalue weighted by Crippen LogP contribution is 2.27. The SMILES string of the molecule is COc1ccc(Cc2nc3cc(Cl)c(N)cc3o2)cc1. The van der Waals surface area contributed by atoms with Crippen LogP contribution in [0.5, 0.6) is 5.75 Å². The van der Waals surface area contributed by atoms with Crippen molar-refractivity contribution in [1.82, 2.24) is 4.98 Å². The predicted octanol–water partition coefficient (Wildman–Crippen LogP) is 3.66. The number of methoxy groups -OCH3 is 1. The van der Waals surface area contributed by atoms with Gasteiger partial charge in [0.25, 0.3) is 0 Å². The fraction of sp³-hybridized carbons (Fsp3) is 0.133. The van der Waals surface area contributed by atoms with Crippen LogP contribution in [-0.4, -0.2) is 12.1 Å². The Morgan fingerprint density at radius 3 is 2.70 bits per heavy atom. The molecule has 0 spiro atoms. The minimum atomic E-state index is 0.488. The van der Waals surface area contributed by atoms with Crippen LogP contribution in [0.4, 0.5) is 5.69 Å². The van der Waals surface area contributed by atoms with E-state index in [1.165, 1.54) is 0 Å². The summed E-state index contributed by atoms with van der Waals surface area (Å²) in [6, 6.07) is 11.2. The highest BCUT2D eigenvalue weighted by Gasteiger charge is 2.09. The molecule has 0 radical (unpaired) electrons. The molecule has 3 rings (SSSR count). The Bertz CT molecular complexity index is 711. The van der Waals surface area contributed by atoms with Crippen LogP contribution in [0.15, 0.2) is 40.8 Å². The van der Waals surface area contributed by atoms with E-state index in [0.29, 0.717) is 34.1 Å². The van der Waals surface area contributed by atoms with Crippen LogP contribution in [0.3, 0.4) is 0 Å². The summed E-state index contributed by atoms with van der Waals surface area (Å²) in [5.41, 5.74) is 8.70. The van der Waals surface area contributed by atoms with Crippen LogP contribution in [0.2, 0.25) is 5.02 Å². The predicted molar refractivity (Wildman–Crippen MR) is 79.2 cm³/mol. The Balaban J connectivity index is 1.90. The zero-order valence-electron chi connectivity index (χ0n) is 10.9. The van der Waals surface area contributed by atoms with Crippen LogP contribution in [0, 0.1) is 0 Å².